The zero-order valence-corrected chi connectivity index (χ0v) is 6.46. The highest BCUT2D eigenvalue weighted by molar-refractivity contribution is 5.79. The number of hydrazine groups is 1. The highest BCUT2D eigenvalue weighted by Gasteiger charge is 2.32. The number of amides is 2. The lowest BCUT2D eigenvalue weighted by Crippen LogP contribution is -2.40. The van der Waals surface area contributed by atoms with Crippen molar-refractivity contribution >= 4 is 12.3 Å². The van der Waals surface area contributed by atoms with Gasteiger partial charge in [-0.3, -0.25) is 20.4 Å². The van der Waals surface area contributed by atoms with Crippen LogP contribution in [-0.4, -0.2) is 12.3 Å². The summed E-state index contributed by atoms with van der Waals surface area (Å²) in [5.74, 6) is 0.463. The van der Waals surface area contributed by atoms with Gasteiger partial charge in [0.1, 0.15) is 0 Å². The lowest BCUT2D eigenvalue weighted by Gasteiger charge is -2.08. The predicted molar refractivity (Wildman–Crippen MR) is 39.2 cm³/mol. The van der Waals surface area contributed by atoms with E-state index in [0.29, 0.717) is 12.3 Å². The lowest BCUT2D eigenvalue weighted by molar-refractivity contribution is -0.128. The topological polar surface area (TPSA) is 58.2 Å². The van der Waals surface area contributed by atoms with Crippen LogP contribution in [0.15, 0.2) is 0 Å². The zero-order valence-electron chi connectivity index (χ0n) is 6.46. The van der Waals surface area contributed by atoms with Gasteiger partial charge >= 0.3 is 0 Å². The second-order valence-corrected chi connectivity index (χ2v) is 2.88. The van der Waals surface area contributed by atoms with Crippen LogP contribution in [0.3, 0.4) is 0 Å². The third-order valence-corrected chi connectivity index (χ3v) is 2.00. The molecule has 2 amide bonds. The first-order valence-electron chi connectivity index (χ1n) is 3.74. The first kappa shape index (κ1) is 8.04. The van der Waals surface area contributed by atoms with Gasteiger partial charge in [0.2, 0.25) is 12.3 Å². The van der Waals surface area contributed by atoms with Crippen LogP contribution < -0.4 is 10.9 Å². The van der Waals surface area contributed by atoms with Gasteiger partial charge in [-0.1, -0.05) is 6.92 Å². The van der Waals surface area contributed by atoms with Gasteiger partial charge in [-0.2, -0.15) is 0 Å². The molecule has 4 heteroatoms. The summed E-state index contributed by atoms with van der Waals surface area (Å²) in [7, 11) is 0. The minimum Gasteiger partial charge on any atom is -0.277 e. The normalized spacial score (nSPS) is 18.6. The average molecular weight is 156 g/mol. The van der Waals surface area contributed by atoms with Crippen LogP contribution in [0.2, 0.25) is 0 Å². The molecule has 1 aliphatic rings. The van der Waals surface area contributed by atoms with E-state index in [1.54, 1.807) is 0 Å². The molecular formula is C7H12N2O2. The molecular weight excluding hydrogens is 144 g/mol. The van der Waals surface area contributed by atoms with E-state index >= 15 is 0 Å². The number of carbonyl (C=O) groups is 2. The van der Waals surface area contributed by atoms with Crippen LogP contribution in [-0.2, 0) is 9.59 Å². The Balaban J connectivity index is 2.21. The number of carbonyl (C=O) groups excluding carboxylic acids is 2. The zero-order chi connectivity index (χ0) is 8.27. The highest BCUT2D eigenvalue weighted by Crippen LogP contribution is 2.36. The Hall–Kier alpha value is -1.06. The van der Waals surface area contributed by atoms with Gasteiger partial charge in [-0.15, -0.1) is 0 Å². The van der Waals surface area contributed by atoms with E-state index < -0.39 is 0 Å². The standard InChI is InChI=1S/C7H12N2O2/c1-5(6-2-3-6)7(11)9-8-4-10/h4-6H,2-3H2,1H3,(H,8,10)(H,9,11). The van der Waals surface area contributed by atoms with Crippen molar-refractivity contribution in [1.82, 2.24) is 10.9 Å². The summed E-state index contributed by atoms with van der Waals surface area (Å²) in [6.45, 7) is 1.87. The Morgan fingerprint density at radius 3 is 2.73 bits per heavy atom. The molecule has 62 valence electrons. The SMILES string of the molecule is CC(C(=O)NNC=O)C1CC1. The molecule has 0 bridgehead atoms. The first-order chi connectivity index (χ1) is 5.25. The fourth-order valence-corrected chi connectivity index (χ4v) is 1.02. The summed E-state index contributed by atoms with van der Waals surface area (Å²) in [6.07, 6.45) is 2.73. The van der Waals surface area contributed by atoms with Gasteiger partial charge < -0.3 is 0 Å². The molecule has 4 nitrogen and oxygen atoms in total. The summed E-state index contributed by atoms with van der Waals surface area (Å²) in [6, 6.07) is 0. The molecule has 0 aromatic carbocycles. The molecule has 0 spiro atoms. The quantitative estimate of drug-likeness (QED) is 0.438. The molecule has 0 aromatic heterocycles. The first-order valence-corrected chi connectivity index (χ1v) is 3.74. The molecule has 2 N–H and O–H groups in total. The van der Waals surface area contributed by atoms with Gasteiger partial charge in [0.25, 0.3) is 0 Å². The van der Waals surface area contributed by atoms with Crippen molar-refractivity contribution in [3.05, 3.63) is 0 Å². The van der Waals surface area contributed by atoms with E-state index in [4.69, 9.17) is 0 Å². The van der Waals surface area contributed by atoms with Gasteiger partial charge in [0, 0.05) is 5.92 Å². The fraction of sp³-hybridized carbons (Fsp3) is 0.714. The molecule has 1 atom stereocenters. The van der Waals surface area contributed by atoms with Crippen LogP contribution in [0.5, 0.6) is 0 Å². The molecule has 0 aliphatic heterocycles. The largest absolute Gasteiger partial charge is 0.277 e. The molecule has 1 rings (SSSR count). The van der Waals surface area contributed by atoms with Crippen LogP contribution in [0.25, 0.3) is 0 Å². The maximum Gasteiger partial charge on any atom is 0.241 e. The summed E-state index contributed by atoms with van der Waals surface area (Å²) in [5.41, 5.74) is 4.43. The van der Waals surface area contributed by atoms with Gasteiger partial charge in [0.05, 0.1) is 0 Å². The van der Waals surface area contributed by atoms with E-state index in [9.17, 15) is 9.59 Å². The van der Waals surface area contributed by atoms with Gasteiger partial charge in [0.15, 0.2) is 0 Å². The van der Waals surface area contributed by atoms with Crippen molar-refractivity contribution in [1.29, 1.82) is 0 Å². The maximum atomic E-state index is 11.1. The van der Waals surface area contributed by atoms with Crippen molar-refractivity contribution < 1.29 is 9.59 Å². The van der Waals surface area contributed by atoms with Crippen molar-refractivity contribution in [2.75, 3.05) is 0 Å². The summed E-state index contributed by atoms with van der Waals surface area (Å²) >= 11 is 0. The van der Waals surface area contributed by atoms with E-state index in [1.807, 2.05) is 6.92 Å². The molecule has 0 radical (unpaired) electrons. The van der Waals surface area contributed by atoms with Crippen molar-refractivity contribution in [2.24, 2.45) is 11.8 Å². The molecule has 1 fully saturated rings. The van der Waals surface area contributed by atoms with Crippen LogP contribution in [0, 0.1) is 11.8 Å². The number of rotatable bonds is 4. The monoisotopic (exact) mass is 156 g/mol. The molecule has 0 heterocycles. The molecule has 1 unspecified atom stereocenters. The van der Waals surface area contributed by atoms with Crippen LogP contribution >= 0.6 is 0 Å². The molecule has 1 saturated carbocycles. The maximum absolute atomic E-state index is 11.1. The Bertz CT molecular complexity index is 166. The number of hydrogen-bond donors (Lipinski definition) is 2. The second-order valence-electron chi connectivity index (χ2n) is 2.88. The second kappa shape index (κ2) is 3.37. The van der Waals surface area contributed by atoms with Crippen molar-refractivity contribution in [2.45, 2.75) is 19.8 Å². The summed E-state index contributed by atoms with van der Waals surface area (Å²) in [4.78, 5) is 20.8. The Labute approximate surface area is 65.3 Å². The third kappa shape index (κ3) is 2.22. The molecule has 11 heavy (non-hydrogen) atoms. The smallest absolute Gasteiger partial charge is 0.241 e. The Morgan fingerprint density at radius 2 is 2.27 bits per heavy atom. The lowest BCUT2D eigenvalue weighted by atomic mass is 10.1. The van der Waals surface area contributed by atoms with E-state index in [1.165, 1.54) is 0 Å². The average Bonchev–Trinajstić information content (AvgIpc) is 2.81. The predicted octanol–water partition coefficient (Wildman–Crippen LogP) is -0.190. The molecule has 1 aliphatic carbocycles. The van der Waals surface area contributed by atoms with E-state index in [0.717, 1.165) is 12.8 Å². The van der Waals surface area contributed by atoms with Gasteiger partial charge in [-0.25, -0.2) is 0 Å². The fourth-order valence-electron chi connectivity index (χ4n) is 1.02. The van der Waals surface area contributed by atoms with E-state index in [2.05, 4.69) is 10.9 Å². The van der Waals surface area contributed by atoms with Gasteiger partial charge in [-0.05, 0) is 18.8 Å². The van der Waals surface area contributed by atoms with Crippen molar-refractivity contribution in [3.63, 3.8) is 0 Å². The Morgan fingerprint density at radius 1 is 1.64 bits per heavy atom. The summed E-state index contributed by atoms with van der Waals surface area (Å²) < 4.78 is 0. The molecule has 0 saturated heterocycles. The van der Waals surface area contributed by atoms with Crippen LogP contribution in [0.1, 0.15) is 19.8 Å². The number of nitrogens with one attached hydrogen (secondary N) is 2. The van der Waals surface area contributed by atoms with Crippen molar-refractivity contribution in [3.8, 4) is 0 Å². The minimum atomic E-state index is -0.0976. The minimum absolute atomic E-state index is 0.0300. The Kier molecular flexibility index (Phi) is 2.46. The molecule has 0 aromatic rings. The van der Waals surface area contributed by atoms with E-state index in [-0.39, 0.29) is 11.8 Å². The highest BCUT2D eigenvalue weighted by atomic mass is 16.2. The summed E-state index contributed by atoms with van der Waals surface area (Å²) in [5, 5.41) is 0. The van der Waals surface area contributed by atoms with Crippen LogP contribution in [0.4, 0.5) is 0 Å². The number of hydrogen-bond acceptors (Lipinski definition) is 2. The third-order valence-electron chi connectivity index (χ3n) is 2.00.